The zero-order valence-electron chi connectivity index (χ0n) is 14.7. The summed E-state index contributed by atoms with van der Waals surface area (Å²) < 4.78 is 5.41. The van der Waals surface area contributed by atoms with Gasteiger partial charge in [-0.2, -0.15) is 0 Å². The van der Waals surface area contributed by atoms with Crippen LogP contribution in [0.4, 0.5) is 11.4 Å². The van der Waals surface area contributed by atoms with E-state index in [1.54, 1.807) is 30.3 Å². The molecule has 0 heterocycles. The van der Waals surface area contributed by atoms with Crippen molar-refractivity contribution >= 4 is 23.2 Å². The maximum Gasteiger partial charge on any atom is 0.255 e. The average molecular weight is 350 g/mol. The summed E-state index contributed by atoms with van der Waals surface area (Å²) in [7, 11) is 0. The van der Waals surface area contributed by atoms with E-state index in [0.29, 0.717) is 23.6 Å². The van der Waals surface area contributed by atoms with Gasteiger partial charge >= 0.3 is 0 Å². The van der Waals surface area contributed by atoms with Gasteiger partial charge < -0.3 is 15.4 Å². The molecule has 0 atom stereocenters. The molecule has 134 valence electrons. The van der Waals surface area contributed by atoms with E-state index in [9.17, 15) is 9.59 Å². The standard InChI is InChI=1S/C21H22N2O3/c1-3-13-26-17-11-9-16(10-12-17)21(25)23-19-6-4-5-18(14(19)2)22-20(24)15-7-8-15/h3-6,9-12,15H,1,7-8,13H2,2H3,(H,22,24)(H,23,25). The van der Waals surface area contributed by atoms with Gasteiger partial charge in [-0.1, -0.05) is 18.7 Å². The first-order chi connectivity index (χ1) is 12.6. The van der Waals surface area contributed by atoms with Gasteiger partial charge in [-0.05, 0) is 61.7 Å². The quantitative estimate of drug-likeness (QED) is 0.737. The normalized spacial score (nSPS) is 13.0. The lowest BCUT2D eigenvalue weighted by Gasteiger charge is -2.13. The van der Waals surface area contributed by atoms with E-state index in [1.165, 1.54) is 0 Å². The molecule has 5 heteroatoms. The number of carbonyl (C=O) groups excluding carboxylic acids is 2. The molecule has 0 aromatic heterocycles. The molecule has 2 aromatic carbocycles. The molecule has 2 aromatic rings. The van der Waals surface area contributed by atoms with Crippen LogP contribution >= 0.6 is 0 Å². The Labute approximate surface area is 153 Å². The van der Waals surface area contributed by atoms with Crippen molar-refractivity contribution in [1.82, 2.24) is 0 Å². The van der Waals surface area contributed by atoms with Crippen LogP contribution < -0.4 is 15.4 Å². The minimum Gasteiger partial charge on any atom is -0.490 e. The molecule has 1 saturated carbocycles. The van der Waals surface area contributed by atoms with Gasteiger partial charge in [0.25, 0.3) is 5.91 Å². The maximum atomic E-state index is 12.5. The van der Waals surface area contributed by atoms with Gasteiger partial charge in [0.2, 0.25) is 5.91 Å². The van der Waals surface area contributed by atoms with Crippen LogP contribution in [0.3, 0.4) is 0 Å². The summed E-state index contributed by atoms with van der Waals surface area (Å²) in [4.78, 5) is 24.5. The summed E-state index contributed by atoms with van der Waals surface area (Å²) in [6, 6.07) is 12.4. The molecule has 26 heavy (non-hydrogen) atoms. The summed E-state index contributed by atoms with van der Waals surface area (Å²) in [6.07, 6.45) is 3.57. The topological polar surface area (TPSA) is 67.4 Å². The van der Waals surface area contributed by atoms with E-state index >= 15 is 0 Å². The predicted molar refractivity (Wildman–Crippen MR) is 103 cm³/mol. The average Bonchev–Trinajstić information content (AvgIpc) is 3.49. The van der Waals surface area contributed by atoms with Crippen LogP contribution in [0.15, 0.2) is 55.1 Å². The number of hydrogen-bond donors (Lipinski definition) is 2. The Bertz CT molecular complexity index is 824. The molecule has 0 radical (unpaired) electrons. The number of nitrogens with one attached hydrogen (secondary N) is 2. The molecular weight excluding hydrogens is 328 g/mol. The molecule has 1 aliphatic rings. The minimum atomic E-state index is -0.214. The van der Waals surface area contributed by atoms with Gasteiger partial charge in [0.05, 0.1) is 0 Å². The third-order valence-electron chi connectivity index (χ3n) is 4.27. The summed E-state index contributed by atoms with van der Waals surface area (Å²) in [5, 5.41) is 5.84. The summed E-state index contributed by atoms with van der Waals surface area (Å²) in [5.41, 5.74) is 2.77. The number of benzene rings is 2. The Kier molecular flexibility index (Phi) is 5.37. The maximum absolute atomic E-state index is 12.5. The van der Waals surface area contributed by atoms with Gasteiger partial charge in [-0.15, -0.1) is 0 Å². The Morgan fingerprint density at radius 1 is 1.12 bits per heavy atom. The lowest BCUT2D eigenvalue weighted by atomic mass is 10.1. The molecule has 2 amide bonds. The van der Waals surface area contributed by atoms with Crippen LogP contribution in [0.1, 0.15) is 28.8 Å². The van der Waals surface area contributed by atoms with Gasteiger partial charge in [0.1, 0.15) is 12.4 Å². The second-order valence-corrected chi connectivity index (χ2v) is 6.32. The number of ether oxygens (including phenoxy) is 1. The van der Waals surface area contributed by atoms with Crippen molar-refractivity contribution in [1.29, 1.82) is 0 Å². The third kappa shape index (κ3) is 4.30. The number of anilines is 2. The fraction of sp³-hybridized carbons (Fsp3) is 0.238. The van der Waals surface area contributed by atoms with E-state index in [0.717, 1.165) is 24.1 Å². The fourth-order valence-corrected chi connectivity index (χ4v) is 2.54. The number of carbonyl (C=O) groups is 2. The molecule has 0 saturated heterocycles. The van der Waals surface area contributed by atoms with Crippen LogP contribution in [0.2, 0.25) is 0 Å². The third-order valence-corrected chi connectivity index (χ3v) is 4.27. The summed E-state index contributed by atoms with van der Waals surface area (Å²) in [5.74, 6) is 0.651. The Morgan fingerprint density at radius 2 is 1.77 bits per heavy atom. The van der Waals surface area contributed by atoms with Crippen LogP contribution in [0.25, 0.3) is 0 Å². The largest absolute Gasteiger partial charge is 0.490 e. The van der Waals surface area contributed by atoms with E-state index in [4.69, 9.17) is 4.74 Å². The molecular formula is C21H22N2O3. The van der Waals surface area contributed by atoms with Crippen molar-refractivity contribution in [2.75, 3.05) is 17.2 Å². The van der Waals surface area contributed by atoms with Crippen molar-refractivity contribution in [2.24, 2.45) is 5.92 Å². The highest BCUT2D eigenvalue weighted by molar-refractivity contribution is 6.05. The van der Waals surface area contributed by atoms with Crippen LogP contribution in [0, 0.1) is 12.8 Å². The lowest BCUT2D eigenvalue weighted by Crippen LogP contribution is -2.16. The van der Waals surface area contributed by atoms with E-state index in [-0.39, 0.29) is 17.7 Å². The van der Waals surface area contributed by atoms with Crippen LogP contribution in [-0.4, -0.2) is 18.4 Å². The van der Waals surface area contributed by atoms with E-state index in [2.05, 4.69) is 17.2 Å². The summed E-state index contributed by atoms with van der Waals surface area (Å²) >= 11 is 0. The first-order valence-corrected chi connectivity index (χ1v) is 8.64. The highest BCUT2D eigenvalue weighted by Crippen LogP contribution is 2.31. The van der Waals surface area contributed by atoms with E-state index in [1.807, 2.05) is 25.1 Å². The number of hydrogen-bond acceptors (Lipinski definition) is 3. The Morgan fingerprint density at radius 3 is 2.38 bits per heavy atom. The van der Waals surface area contributed by atoms with Crippen molar-refractivity contribution < 1.29 is 14.3 Å². The number of amides is 2. The van der Waals surface area contributed by atoms with Crippen molar-refractivity contribution in [2.45, 2.75) is 19.8 Å². The highest BCUT2D eigenvalue weighted by atomic mass is 16.5. The second-order valence-electron chi connectivity index (χ2n) is 6.32. The molecule has 1 aliphatic carbocycles. The SMILES string of the molecule is C=CCOc1ccc(C(=O)Nc2cccc(NC(=O)C3CC3)c2C)cc1. The van der Waals surface area contributed by atoms with Gasteiger partial charge in [-0.3, -0.25) is 9.59 Å². The minimum absolute atomic E-state index is 0.0479. The second kappa shape index (κ2) is 7.87. The molecule has 0 spiro atoms. The van der Waals surface area contributed by atoms with Gasteiger partial charge in [0.15, 0.2) is 0 Å². The van der Waals surface area contributed by atoms with Crippen molar-refractivity contribution in [3.8, 4) is 5.75 Å². The Balaban J connectivity index is 1.68. The highest BCUT2D eigenvalue weighted by Gasteiger charge is 2.29. The van der Waals surface area contributed by atoms with Gasteiger partial charge in [-0.25, -0.2) is 0 Å². The monoisotopic (exact) mass is 350 g/mol. The lowest BCUT2D eigenvalue weighted by molar-refractivity contribution is -0.117. The molecule has 1 fully saturated rings. The van der Waals surface area contributed by atoms with E-state index < -0.39 is 0 Å². The fourth-order valence-electron chi connectivity index (χ4n) is 2.54. The predicted octanol–water partition coefficient (Wildman–Crippen LogP) is 4.16. The van der Waals surface area contributed by atoms with Crippen LogP contribution in [0.5, 0.6) is 5.75 Å². The first kappa shape index (κ1) is 17.7. The zero-order valence-corrected chi connectivity index (χ0v) is 14.7. The van der Waals surface area contributed by atoms with Gasteiger partial charge in [0, 0.05) is 22.9 Å². The molecule has 0 aliphatic heterocycles. The first-order valence-electron chi connectivity index (χ1n) is 8.64. The zero-order chi connectivity index (χ0) is 18.5. The Hall–Kier alpha value is -3.08. The molecule has 0 unspecified atom stereocenters. The smallest absolute Gasteiger partial charge is 0.255 e. The molecule has 0 bridgehead atoms. The molecule has 2 N–H and O–H groups in total. The molecule has 3 rings (SSSR count). The van der Waals surface area contributed by atoms with Crippen molar-refractivity contribution in [3.05, 3.63) is 66.2 Å². The van der Waals surface area contributed by atoms with Crippen LogP contribution in [-0.2, 0) is 4.79 Å². The molecule has 5 nitrogen and oxygen atoms in total. The number of rotatable bonds is 7. The van der Waals surface area contributed by atoms with Crippen molar-refractivity contribution in [3.63, 3.8) is 0 Å². The summed E-state index contributed by atoms with van der Waals surface area (Å²) in [6.45, 7) is 5.90.